The minimum absolute atomic E-state index is 0.188. The van der Waals surface area contributed by atoms with E-state index in [4.69, 9.17) is 21.1 Å². The zero-order valence-corrected chi connectivity index (χ0v) is 15.8. The minimum Gasteiger partial charge on any atom is -0.490 e. The van der Waals surface area contributed by atoms with Gasteiger partial charge in [0.2, 0.25) is 5.91 Å². The molecule has 0 aromatic heterocycles. The van der Waals surface area contributed by atoms with Crippen LogP contribution in [-0.2, 0) is 11.2 Å². The fourth-order valence-corrected chi connectivity index (χ4v) is 2.54. The van der Waals surface area contributed by atoms with Crippen LogP contribution in [0.5, 0.6) is 11.5 Å². The Bertz CT molecular complexity index is 748. The predicted octanol–water partition coefficient (Wildman–Crippen LogP) is 4.22. The van der Waals surface area contributed by atoms with Gasteiger partial charge in [0, 0.05) is 0 Å². The minimum atomic E-state index is -0.188. The molecule has 138 valence electrons. The molecule has 0 fully saturated rings. The van der Waals surface area contributed by atoms with E-state index in [9.17, 15) is 4.79 Å². The Balaban J connectivity index is 2.03. The molecule has 0 bridgehead atoms. The molecular formula is C20H23ClN2O3. The SMILES string of the molecule is CCCOc1c(Cl)cc(/C=N\NC(=O)Cc2ccccc2)cc1OCC. The van der Waals surface area contributed by atoms with E-state index in [1.54, 1.807) is 12.1 Å². The molecule has 0 radical (unpaired) electrons. The van der Waals surface area contributed by atoms with Gasteiger partial charge in [-0.3, -0.25) is 4.79 Å². The highest BCUT2D eigenvalue weighted by molar-refractivity contribution is 6.32. The van der Waals surface area contributed by atoms with Crippen LogP contribution in [0.25, 0.3) is 0 Å². The fraction of sp³-hybridized carbons (Fsp3) is 0.300. The number of carbonyl (C=O) groups is 1. The Hall–Kier alpha value is -2.53. The number of ether oxygens (including phenoxy) is 2. The highest BCUT2D eigenvalue weighted by Crippen LogP contribution is 2.36. The molecule has 26 heavy (non-hydrogen) atoms. The van der Waals surface area contributed by atoms with E-state index < -0.39 is 0 Å². The number of rotatable bonds is 9. The van der Waals surface area contributed by atoms with E-state index in [-0.39, 0.29) is 12.3 Å². The predicted molar refractivity (Wildman–Crippen MR) is 104 cm³/mol. The zero-order chi connectivity index (χ0) is 18.8. The van der Waals surface area contributed by atoms with Gasteiger partial charge < -0.3 is 9.47 Å². The van der Waals surface area contributed by atoms with Crippen LogP contribution in [0.4, 0.5) is 0 Å². The van der Waals surface area contributed by atoms with Crippen molar-refractivity contribution in [3.05, 3.63) is 58.6 Å². The monoisotopic (exact) mass is 374 g/mol. The summed E-state index contributed by atoms with van der Waals surface area (Å²) in [6.07, 6.45) is 2.67. The summed E-state index contributed by atoms with van der Waals surface area (Å²) in [5.41, 5.74) is 4.16. The van der Waals surface area contributed by atoms with E-state index in [1.807, 2.05) is 44.2 Å². The third kappa shape index (κ3) is 6.08. The normalized spacial score (nSPS) is 10.7. The van der Waals surface area contributed by atoms with Gasteiger partial charge in [-0.1, -0.05) is 48.9 Å². The topological polar surface area (TPSA) is 59.9 Å². The average molecular weight is 375 g/mol. The summed E-state index contributed by atoms with van der Waals surface area (Å²) in [5.74, 6) is 0.901. The lowest BCUT2D eigenvalue weighted by molar-refractivity contribution is -0.120. The van der Waals surface area contributed by atoms with Crippen molar-refractivity contribution in [2.75, 3.05) is 13.2 Å². The van der Waals surface area contributed by atoms with Gasteiger partial charge >= 0.3 is 0 Å². The molecule has 1 amide bonds. The molecule has 2 aromatic carbocycles. The van der Waals surface area contributed by atoms with Gasteiger partial charge in [0.15, 0.2) is 11.5 Å². The molecule has 0 unspecified atom stereocenters. The summed E-state index contributed by atoms with van der Waals surface area (Å²) in [7, 11) is 0. The molecule has 5 nitrogen and oxygen atoms in total. The number of halogens is 1. The standard InChI is InChI=1S/C20H23ClN2O3/c1-3-10-26-20-17(21)11-16(12-18(20)25-4-2)14-22-23-19(24)13-15-8-6-5-7-9-15/h5-9,11-12,14H,3-4,10,13H2,1-2H3,(H,23,24)/b22-14-. The molecule has 0 aliphatic rings. The number of hydrazone groups is 1. The highest BCUT2D eigenvalue weighted by atomic mass is 35.5. The van der Waals surface area contributed by atoms with E-state index >= 15 is 0 Å². The van der Waals surface area contributed by atoms with Crippen LogP contribution in [0, 0.1) is 0 Å². The van der Waals surface area contributed by atoms with Gasteiger partial charge in [-0.05, 0) is 36.6 Å². The van der Waals surface area contributed by atoms with E-state index in [1.165, 1.54) is 6.21 Å². The van der Waals surface area contributed by atoms with Crippen LogP contribution in [0.1, 0.15) is 31.4 Å². The lowest BCUT2D eigenvalue weighted by Gasteiger charge is -2.13. The van der Waals surface area contributed by atoms with Crippen LogP contribution in [0.3, 0.4) is 0 Å². The summed E-state index contributed by atoms with van der Waals surface area (Å²) in [6, 6.07) is 13.0. The molecule has 0 spiro atoms. The Morgan fingerprint density at radius 3 is 2.65 bits per heavy atom. The Kier molecular flexibility index (Phi) is 7.96. The maximum atomic E-state index is 11.9. The molecule has 2 aromatic rings. The Morgan fingerprint density at radius 1 is 1.19 bits per heavy atom. The van der Waals surface area contributed by atoms with Gasteiger partial charge in [0.25, 0.3) is 0 Å². The first-order valence-electron chi connectivity index (χ1n) is 8.59. The summed E-state index contributed by atoms with van der Waals surface area (Å²) in [5, 5.41) is 4.44. The summed E-state index contributed by atoms with van der Waals surface area (Å²) < 4.78 is 11.3. The fourth-order valence-electron chi connectivity index (χ4n) is 2.27. The first kappa shape index (κ1) is 19.8. The molecule has 2 rings (SSSR count). The number of nitrogens with zero attached hydrogens (tertiary/aromatic N) is 1. The second-order valence-electron chi connectivity index (χ2n) is 5.57. The smallest absolute Gasteiger partial charge is 0.244 e. The van der Waals surface area contributed by atoms with Crippen molar-refractivity contribution in [3.63, 3.8) is 0 Å². The lowest BCUT2D eigenvalue weighted by Crippen LogP contribution is -2.19. The van der Waals surface area contributed by atoms with Crippen molar-refractivity contribution >= 4 is 23.7 Å². The van der Waals surface area contributed by atoms with Gasteiger partial charge in [-0.15, -0.1) is 0 Å². The number of hydrogen-bond acceptors (Lipinski definition) is 4. The average Bonchev–Trinajstić information content (AvgIpc) is 2.62. The van der Waals surface area contributed by atoms with E-state index in [0.717, 1.165) is 12.0 Å². The molecule has 0 saturated carbocycles. The molecule has 0 heterocycles. The number of amides is 1. The highest BCUT2D eigenvalue weighted by Gasteiger charge is 2.12. The van der Waals surface area contributed by atoms with E-state index in [0.29, 0.717) is 35.3 Å². The number of nitrogens with one attached hydrogen (secondary N) is 1. The first-order valence-corrected chi connectivity index (χ1v) is 8.96. The third-order valence-corrected chi connectivity index (χ3v) is 3.67. The molecule has 0 atom stereocenters. The molecule has 0 aliphatic carbocycles. The van der Waals surface area contributed by atoms with Gasteiger partial charge in [-0.2, -0.15) is 5.10 Å². The molecule has 1 N–H and O–H groups in total. The van der Waals surface area contributed by atoms with E-state index in [2.05, 4.69) is 10.5 Å². The van der Waals surface area contributed by atoms with Crippen LogP contribution in [-0.4, -0.2) is 25.3 Å². The van der Waals surface area contributed by atoms with Crippen molar-refractivity contribution in [2.24, 2.45) is 5.10 Å². The van der Waals surface area contributed by atoms with Crippen molar-refractivity contribution in [1.82, 2.24) is 5.43 Å². The second kappa shape index (κ2) is 10.5. The van der Waals surface area contributed by atoms with Gasteiger partial charge in [0.05, 0.1) is 30.9 Å². The number of benzene rings is 2. The molecule has 6 heteroatoms. The van der Waals surface area contributed by atoms with Crippen molar-refractivity contribution in [2.45, 2.75) is 26.7 Å². The summed E-state index contributed by atoms with van der Waals surface area (Å²) in [6.45, 7) is 4.96. The first-order chi connectivity index (χ1) is 12.6. The Labute approximate surface area is 159 Å². The molecule has 0 saturated heterocycles. The number of carbonyl (C=O) groups excluding carboxylic acids is 1. The largest absolute Gasteiger partial charge is 0.490 e. The second-order valence-corrected chi connectivity index (χ2v) is 5.97. The molecule has 0 aliphatic heterocycles. The van der Waals surface area contributed by atoms with Gasteiger partial charge in [0.1, 0.15) is 0 Å². The maximum Gasteiger partial charge on any atom is 0.244 e. The van der Waals surface area contributed by atoms with Crippen LogP contribution >= 0.6 is 11.6 Å². The quantitative estimate of drug-likeness (QED) is 0.528. The Morgan fingerprint density at radius 2 is 1.96 bits per heavy atom. The maximum absolute atomic E-state index is 11.9. The lowest BCUT2D eigenvalue weighted by atomic mass is 10.1. The van der Waals surface area contributed by atoms with Crippen molar-refractivity contribution in [3.8, 4) is 11.5 Å². The summed E-state index contributed by atoms with van der Waals surface area (Å²) in [4.78, 5) is 11.9. The van der Waals surface area contributed by atoms with Crippen LogP contribution in [0.2, 0.25) is 5.02 Å². The molecular weight excluding hydrogens is 352 g/mol. The summed E-state index contributed by atoms with van der Waals surface area (Å²) >= 11 is 6.30. The van der Waals surface area contributed by atoms with Crippen LogP contribution in [0.15, 0.2) is 47.6 Å². The van der Waals surface area contributed by atoms with Crippen molar-refractivity contribution < 1.29 is 14.3 Å². The van der Waals surface area contributed by atoms with Crippen molar-refractivity contribution in [1.29, 1.82) is 0 Å². The number of hydrogen-bond donors (Lipinski definition) is 1. The van der Waals surface area contributed by atoms with Crippen LogP contribution < -0.4 is 14.9 Å². The third-order valence-electron chi connectivity index (χ3n) is 3.39. The van der Waals surface area contributed by atoms with Gasteiger partial charge in [-0.25, -0.2) is 5.43 Å². The zero-order valence-electron chi connectivity index (χ0n) is 15.0.